The zero-order valence-corrected chi connectivity index (χ0v) is 11.6. The number of esters is 1. The van der Waals surface area contributed by atoms with Gasteiger partial charge in [0.1, 0.15) is 5.76 Å². The van der Waals surface area contributed by atoms with Crippen LogP contribution in [-0.2, 0) is 9.53 Å². The fourth-order valence-corrected chi connectivity index (χ4v) is 1.35. The Balaban J connectivity index is 2.95. The van der Waals surface area contributed by atoms with Crippen molar-refractivity contribution in [1.29, 1.82) is 0 Å². The van der Waals surface area contributed by atoms with Gasteiger partial charge in [0.15, 0.2) is 0 Å². The topological polar surface area (TPSA) is 71.2 Å². The van der Waals surface area contributed by atoms with Gasteiger partial charge in [-0.25, -0.2) is 4.79 Å². The lowest BCUT2D eigenvalue weighted by molar-refractivity contribution is -0.138. The van der Waals surface area contributed by atoms with Crippen LogP contribution in [0.25, 0.3) is 0 Å². The third-order valence-corrected chi connectivity index (χ3v) is 2.47. The maximum absolute atomic E-state index is 11.5. The van der Waals surface area contributed by atoms with E-state index in [1.807, 2.05) is 0 Å². The molecule has 1 aromatic carbocycles. The van der Waals surface area contributed by atoms with Gasteiger partial charge in [0.05, 0.1) is 18.2 Å². The molecule has 0 atom stereocenters. The Morgan fingerprint density at radius 2 is 2.00 bits per heavy atom. The van der Waals surface area contributed by atoms with Crippen molar-refractivity contribution in [2.45, 2.75) is 6.92 Å². The summed E-state index contributed by atoms with van der Waals surface area (Å²) in [5.41, 5.74) is 0.167. The molecular weight excluding hydrogens is 291 g/mol. The molecule has 0 aliphatic carbocycles. The standard InChI is InChI=1S/C12H12Cl2N2O3/c1-2-19-12(18)11(10(17)7-13)16-15-9-5-3-8(14)4-6-9/h3-6,17H,2,7H2,1H3. The van der Waals surface area contributed by atoms with Gasteiger partial charge in [-0.05, 0) is 31.2 Å². The number of ether oxygens (including phenoxy) is 1. The SMILES string of the molecule is CCOC(=O)C(N=Nc1ccc(Cl)cc1)=C(O)CCl. The minimum atomic E-state index is -0.779. The number of hydrogen-bond acceptors (Lipinski definition) is 5. The molecule has 0 unspecified atom stereocenters. The molecule has 0 saturated carbocycles. The number of rotatable bonds is 5. The minimum Gasteiger partial charge on any atom is -0.508 e. The second-order valence-corrected chi connectivity index (χ2v) is 4.03. The molecule has 7 heteroatoms. The van der Waals surface area contributed by atoms with Gasteiger partial charge < -0.3 is 9.84 Å². The maximum atomic E-state index is 11.5. The van der Waals surface area contributed by atoms with Gasteiger partial charge in [-0.2, -0.15) is 5.11 Å². The highest BCUT2D eigenvalue weighted by Gasteiger charge is 2.15. The van der Waals surface area contributed by atoms with Crippen molar-refractivity contribution in [2.75, 3.05) is 12.5 Å². The number of halogens is 2. The first kappa shape index (κ1) is 15.5. The van der Waals surface area contributed by atoms with Crippen molar-refractivity contribution in [3.05, 3.63) is 40.7 Å². The van der Waals surface area contributed by atoms with Crippen LogP contribution in [0.5, 0.6) is 0 Å². The fraction of sp³-hybridized carbons (Fsp3) is 0.250. The molecule has 0 aliphatic heterocycles. The molecule has 1 N–H and O–H groups in total. The van der Waals surface area contributed by atoms with Crippen LogP contribution in [0.2, 0.25) is 5.02 Å². The second kappa shape index (κ2) is 7.76. The summed E-state index contributed by atoms with van der Waals surface area (Å²) in [6, 6.07) is 6.49. The third-order valence-electron chi connectivity index (χ3n) is 1.96. The molecule has 0 heterocycles. The molecule has 0 aliphatic rings. The number of carbonyl (C=O) groups excluding carboxylic acids is 1. The smallest absolute Gasteiger partial charge is 0.362 e. The van der Waals surface area contributed by atoms with Gasteiger partial charge >= 0.3 is 5.97 Å². The lowest BCUT2D eigenvalue weighted by Gasteiger charge is -2.03. The van der Waals surface area contributed by atoms with Crippen molar-refractivity contribution in [3.8, 4) is 0 Å². The van der Waals surface area contributed by atoms with Gasteiger partial charge in [-0.3, -0.25) is 0 Å². The lowest BCUT2D eigenvalue weighted by atomic mass is 10.3. The number of alkyl halides is 1. The van der Waals surface area contributed by atoms with Gasteiger partial charge in [0.25, 0.3) is 0 Å². The van der Waals surface area contributed by atoms with E-state index in [9.17, 15) is 9.90 Å². The first-order valence-corrected chi connectivity index (χ1v) is 6.32. The van der Waals surface area contributed by atoms with E-state index in [1.165, 1.54) is 0 Å². The van der Waals surface area contributed by atoms with E-state index in [0.29, 0.717) is 10.7 Å². The Kier molecular flexibility index (Phi) is 6.32. The van der Waals surface area contributed by atoms with Gasteiger partial charge in [-0.15, -0.1) is 16.7 Å². The number of benzene rings is 1. The minimum absolute atomic E-state index is 0.161. The summed E-state index contributed by atoms with van der Waals surface area (Å²) in [6.07, 6.45) is 0. The number of allylic oxidation sites excluding steroid dienone is 1. The first-order valence-electron chi connectivity index (χ1n) is 5.41. The molecule has 0 fully saturated rings. The van der Waals surface area contributed by atoms with Crippen molar-refractivity contribution in [2.24, 2.45) is 10.2 Å². The highest BCUT2D eigenvalue weighted by Crippen LogP contribution is 2.18. The summed E-state index contributed by atoms with van der Waals surface area (Å²) in [5.74, 6) is -1.43. The summed E-state index contributed by atoms with van der Waals surface area (Å²) < 4.78 is 4.74. The Labute approximate surface area is 120 Å². The second-order valence-electron chi connectivity index (χ2n) is 3.33. The summed E-state index contributed by atoms with van der Waals surface area (Å²) in [6.45, 7) is 1.80. The number of hydrogen-bond donors (Lipinski definition) is 1. The number of aliphatic hydroxyl groups is 1. The van der Waals surface area contributed by atoms with Crippen molar-refractivity contribution in [1.82, 2.24) is 0 Å². The molecule has 0 radical (unpaired) electrons. The summed E-state index contributed by atoms with van der Waals surface area (Å²) in [5, 5.41) is 17.5. The zero-order valence-electron chi connectivity index (χ0n) is 10.1. The van der Waals surface area contributed by atoms with E-state index in [4.69, 9.17) is 27.9 Å². The highest BCUT2D eigenvalue weighted by atomic mass is 35.5. The summed E-state index contributed by atoms with van der Waals surface area (Å²) in [7, 11) is 0. The molecule has 102 valence electrons. The monoisotopic (exact) mass is 302 g/mol. The largest absolute Gasteiger partial charge is 0.508 e. The average Bonchev–Trinajstić information content (AvgIpc) is 2.41. The molecular formula is C12H12Cl2N2O3. The van der Waals surface area contributed by atoms with Gasteiger partial charge in [0, 0.05) is 5.02 Å². The van der Waals surface area contributed by atoms with Gasteiger partial charge in [-0.1, -0.05) is 11.6 Å². The van der Waals surface area contributed by atoms with Gasteiger partial charge in [0.2, 0.25) is 5.70 Å². The summed E-state index contributed by atoms with van der Waals surface area (Å²) in [4.78, 5) is 11.5. The van der Waals surface area contributed by atoms with E-state index in [-0.39, 0.29) is 18.2 Å². The van der Waals surface area contributed by atoms with E-state index in [2.05, 4.69) is 10.2 Å². The van der Waals surface area contributed by atoms with Crippen LogP contribution in [0, 0.1) is 0 Å². The van der Waals surface area contributed by atoms with Crippen LogP contribution in [0.15, 0.2) is 46.0 Å². The molecule has 1 rings (SSSR count). The van der Waals surface area contributed by atoms with E-state index in [1.54, 1.807) is 31.2 Å². The normalized spacial score (nSPS) is 12.4. The maximum Gasteiger partial charge on any atom is 0.362 e. The molecule has 5 nitrogen and oxygen atoms in total. The summed E-state index contributed by atoms with van der Waals surface area (Å²) >= 11 is 11.2. The Bertz CT molecular complexity index is 498. The molecule has 0 saturated heterocycles. The molecule has 0 bridgehead atoms. The van der Waals surface area contributed by atoms with E-state index < -0.39 is 11.7 Å². The zero-order chi connectivity index (χ0) is 14.3. The number of aliphatic hydroxyl groups excluding tert-OH is 1. The molecule has 1 aromatic rings. The van der Waals surface area contributed by atoms with Crippen LogP contribution in [0.4, 0.5) is 5.69 Å². The van der Waals surface area contributed by atoms with Crippen molar-refractivity contribution >= 4 is 34.9 Å². The van der Waals surface area contributed by atoms with E-state index >= 15 is 0 Å². The molecule has 0 aromatic heterocycles. The average molecular weight is 303 g/mol. The number of carbonyl (C=O) groups is 1. The fourth-order valence-electron chi connectivity index (χ4n) is 1.09. The van der Waals surface area contributed by atoms with E-state index in [0.717, 1.165) is 0 Å². The quantitative estimate of drug-likeness (QED) is 0.294. The van der Waals surface area contributed by atoms with Crippen LogP contribution in [-0.4, -0.2) is 23.6 Å². The first-order chi connectivity index (χ1) is 9.08. The van der Waals surface area contributed by atoms with Crippen molar-refractivity contribution in [3.63, 3.8) is 0 Å². The molecule has 19 heavy (non-hydrogen) atoms. The molecule has 0 amide bonds. The van der Waals surface area contributed by atoms with Crippen LogP contribution in [0.1, 0.15) is 6.92 Å². The number of nitrogens with zero attached hydrogens (tertiary/aromatic N) is 2. The Morgan fingerprint density at radius 3 is 2.53 bits per heavy atom. The van der Waals surface area contributed by atoms with Crippen LogP contribution >= 0.6 is 23.2 Å². The third kappa shape index (κ3) is 4.89. The van der Waals surface area contributed by atoms with Crippen LogP contribution in [0.3, 0.4) is 0 Å². The van der Waals surface area contributed by atoms with Crippen LogP contribution < -0.4 is 0 Å². The van der Waals surface area contributed by atoms with Crippen molar-refractivity contribution < 1.29 is 14.6 Å². The predicted molar refractivity (Wildman–Crippen MR) is 73.0 cm³/mol. The predicted octanol–water partition coefficient (Wildman–Crippen LogP) is 4.00. The molecule has 0 spiro atoms. The Hall–Kier alpha value is -1.59. The number of azo groups is 1. The lowest BCUT2D eigenvalue weighted by Crippen LogP contribution is -2.09. The highest BCUT2D eigenvalue weighted by molar-refractivity contribution is 6.30. The Morgan fingerprint density at radius 1 is 1.37 bits per heavy atom.